The van der Waals surface area contributed by atoms with E-state index in [0.29, 0.717) is 12.3 Å². The molecule has 1 aromatic carbocycles. The van der Waals surface area contributed by atoms with Gasteiger partial charge in [-0.2, -0.15) is 0 Å². The van der Waals surface area contributed by atoms with Crippen LogP contribution in [0.5, 0.6) is 0 Å². The molecule has 0 aliphatic heterocycles. The number of hydrogen-bond acceptors (Lipinski definition) is 5. The first-order chi connectivity index (χ1) is 9.67. The van der Waals surface area contributed by atoms with Crippen LogP contribution in [0.1, 0.15) is 16.8 Å². The van der Waals surface area contributed by atoms with Gasteiger partial charge in [0.25, 0.3) is 0 Å². The van der Waals surface area contributed by atoms with Crippen LogP contribution >= 0.6 is 11.3 Å². The van der Waals surface area contributed by atoms with Gasteiger partial charge < -0.3 is 10.1 Å². The van der Waals surface area contributed by atoms with Gasteiger partial charge in [-0.25, -0.2) is 9.78 Å². The predicted molar refractivity (Wildman–Crippen MR) is 81.3 cm³/mol. The fourth-order valence-electron chi connectivity index (χ4n) is 1.63. The third-order valence-electron chi connectivity index (χ3n) is 2.54. The number of carbonyl (C=O) groups is 1. The molecule has 0 unspecified atom stereocenters. The summed E-state index contributed by atoms with van der Waals surface area (Å²) in [4.78, 5) is 16.7. The van der Waals surface area contributed by atoms with Crippen molar-refractivity contribution in [1.29, 1.82) is 0 Å². The highest BCUT2D eigenvalue weighted by Crippen LogP contribution is 2.17. The summed E-state index contributed by atoms with van der Waals surface area (Å²) in [6.07, 6.45) is 1.44. The Kier molecular flexibility index (Phi) is 4.95. The first-order valence-corrected chi connectivity index (χ1v) is 7.18. The number of aromatic nitrogens is 1. The van der Waals surface area contributed by atoms with Crippen LogP contribution in [-0.4, -0.2) is 17.7 Å². The summed E-state index contributed by atoms with van der Waals surface area (Å²) in [5.41, 5.74) is 1.70. The lowest BCUT2D eigenvalue weighted by atomic mass is 10.3. The van der Waals surface area contributed by atoms with Gasteiger partial charge in [-0.1, -0.05) is 0 Å². The Morgan fingerprint density at radius 3 is 2.60 bits per heavy atom. The predicted octanol–water partition coefficient (Wildman–Crippen LogP) is 3.63. The molecule has 0 fully saturated rings. The second-order valence-corrected chi connectivity index (χ2v) is 5.44. The maximum absolute atomic E-state index is 11.3. The van der Waals surface area contributed by atoms with E-state index in [1.54, 1.807) is 18.3 Å². The van der Waals surface area contributed by atoms with Crippen LogP contribution in [0.2, 0.25) is 0 Å². The SMILES string of the molecule is CCOC(=O)Nc1ccc(NCc2cnc(C)s2)cc1. The number of thiazole rings is 1. The number of amides is 1. The van der Waals surface area contributed by atoms with Crippen LogP contribution in [0.4, 0.5) is 16.2 Å². The van der Waals surface area contributed by atoms with E-state index in [0.717, 1.165) is 17.2 Å². The Bertz CT molecular complexity index is 566. The van der Waals surface area contributed by atoms with Gasteiger partial charge in [0, 0.05) is 22.4 Å². The maximum Gasteiger partial charge on any atom is 0.411 e. The van der Waals surface area contributed by atoms with Crippen molar-refractivity contribution in [3.05, 3.63) is 40.3 Å². The molecule has 2 aromatic rings. The van der Waals surface area contributed by atoms with E-state index in [1.165, 1.54) is 4.88 Å². The zero-order valence-corrected chi connectivity index (χ0v) is 12.3. The molecule has 0 spiro atoms. The minimum atomic E-state index is -0.437. The second-order valence-electron chi connectivity index (χ2n) is 4.12. The van der Waals surface area contributed by atoms with Crippen LogP contribution in [0.25, 0.3) is 0 Å². The van der Waals surface area contributed by atoms with Crippen LogP contribution in [0.3, 0.4) is 0 Å². The minimum Gasteiger partial charge on any atom is -0.450 e. The van der Waals surface area contributed by atoms with Crippen LogP contribution in [0.15, 0.2) is 30.5 Å². The topological polar surface area (TPSA) is 63.2 Å². The van der Waals surface area contributed by atoms with Crippen molar-refractivity contribution in [3.8, 4) is 0 Å². The smallest absolute Gasteiger partial charge is 0.411 e. The third kappa shape index (κ3) is 4.24. The monoisotopic (exact) mass is 291 g/mol. The normalized spacial score (nSPS) is 10.1. The van der Waals surface area contributed by atoms with Crippen molar-refractivity contribution >= 4 is 28.8 Å². The number of rotatable bonds is 5. The average Bonchev–Trinajstić information content (AvgIpc) is 2.84. The fraction of sp³-hybridized carbons (Fsp3) is 0.286. The summed E-state index contributed by atoms with van der Waals surface area (Å²) in [5, 5.41) is 7.02. The highest BCUT2D eigenvalue weighted by atomic mass is 32.1. The van der Waals surface area contributed by atoms with E-state index in [4.69, 9.17) is 4.74 Å². The molecule has 2 N–H and O–H groups in total. The Morgan fingerprint density at radius 2 is 2.00 bits per heavy atom. The van der Waals surface area contributed by atoms with Gasteiger partial charge in [0.05, 0.1) is 18.2 Å². The highest BCUT2D eigenvalue weighted by Gasteiger charge is 2.02. The molecule has 1 aromatic heterocycles. The summed E-state index contributed by atoms with van der Waals surface area (Å²) in [6.45, 7) is 4.87. The zero-order chi connectivity index (χ0) is 14.4. The zero-order valence-electron chi connectivity index (χ0n) is 11.5. The largest absolute Gasteiger partial charge is 0.450 e. The van der Waals surface area contributed by atoms with Crippen molar-refractivity contribution in [2.24, 2.45) is 0 Å². The fourth-order valence-corrected chi connectivity index (χ4v) is 2.37. The lowest BCUT2D eigenvalue weighted by Crippen LogP contribution is -2.13. The lowest BCUT2D eigenvalue weighted by Gasteiger charge is -2.07. The van der Waals surface area contributed by atoms with Gasteiger partial charge in [-0.3, -0.25) is 5.32 Å². The number of anilines is 2. The molecule has 6 heteroatoms. The van der Waals surface area contributed by atoms with Gasteiger partial charge in [0.1, 0.15) is 0 Å². The minimum absolute atomic E-state index is 0.361. The molecule has 5 nitrogen and oxygen atoms in total. The molecule has 1 heterocycles. The second kappa shape index (κ2) is 6.91. The summed E-state index contributed by atoms with van der Waals surface area (Å²) < 4.78 is 4.81. The average molecular weight is 291 g/mol. The molecular weight excluding hydrogens is 274 g/mol. The molecule has 0 saturated carbocycles. The van der Waals surface area contributed by atoms with E-state index in [1.807, 2.05) is 37.4 Å². The van der Waals surface area contributed by atoms with Crippen molar-refractivity contribution in [2.75, 3.05) is 17.2 Å². The van der Waals surface area contributed by atoms with Gasteiger partial charge in [-0.05, 0) is 38.1 Å². The molecular formula is C14H17N3O2S. The number of ether oxygens (including phenoxy) is 1. The van der Waals surface area contributed by atoms with Crippen LogP contribution in [-0.2, 0) is 11.3 Å². The number of aryl methyl sites for hydroxylation is 1. The molecule has 0 aliphatic rings. The molecule has 20 heavy (non-hydrogen) atoms. The first kappa shape index (κ1) is 14.3. The lowest BCUT2D eigenvalue weighted by molar-refractivity contribution is 0.168. The van der Waals surface area contributed by atoms with Gasteiger partial charge in [0.2, 0.25) is 0 Å². The summed E-state index contributed by atoms with van der Waals surface area (Å²) in [6, 6.07) is 7.49. The van der Waals surface area contributed by atoms with E-state index >= 15 is 0 Å². The molecule has 0 bridgehead atoms. The third-order valence-corrected chi connectivity index (χ3v) is 3.46. The maximum atomic E-state index is 11.3. The molecule has 0 saturated heterocycles. The molecule has 106 valence electrons. The molecule has 0 aliphatic carbocycles. The number of carbonyl (C=O) groups excluding carboxylic acids is 1. The number of nitrogens with one attached hydrogen (secondary N) is 2. The van der Waals surface area contributed by atoms with E-state index in [2.05, 4.69) is 15.6 Å². The molecule has 2 rings (SSSR count). The van der Waals surface area contributed by atoms with Crippen LogP contribution in [0, 0.1) is 6.92 Å². The number of hydrogen-bond donors (Lipinski definition) is 2. The highest BCUT2D eigenvalue weighted by molar-refractivity contribution is 7.11. The van der Waals surface area contributed by atoms with Gasteiger partial charge >= 0.3 is 6.09 Å². The Labute approximate surface area is 122 Å². The summed E-state index contributed by atoms with van der Waals surface area (Å²) >= 11 is 1.68. The Balaban J connectivity index is 1.86. The quantitative estimate of drug-likeness (QED) is 0.883. The summed E-state index contributed by atoms with van der Waals surface area (Å²) in [7, 11) is 0. The van der Waals surface area contributed by atoms with Crippen molar-refractivity contribution in [2.45, 2.75) is 20.4 Å². The van der Waals surface area contributed by atoms with E-state index in [-0.39, 0.29) is 0 Å². The number of nitrogens with zero attached hydrogens (tertiary/aromatic N) is 1. The standard InChI is InChI=1S/C14H17N3O2S/c1-3-19-14(18)17-12-6-4-11(5-7-12)16-9-13-8-15-10(2)20-13/h4-8,16H,3,9H2,1-2H3,(H,17,18). The van der Waals surface area contributed by atoms with Gasteiger partial charge in [-0.15, -0.1) is 11.3 Å². The van der Waals surface area contributed by atoms with Gasteiger partial charge in [0.15, 0.2) is 0 Å². The molecule has 0 radical (unpaired) electrons. The van der Waals surface area contributed by atoms with Crippen molar-refractivity contribution in [1.82, 2.24) is 4.98 Å². The van der Waals surface area contributed by atoms with E-state index < -0.39 is 6.09 Å². The first-order valence-electron chi connectivity index (χ1n) is 6.36. The van der Waals surface area contributed by atoms with Crippen molar-refractivity contribution < 1.29 is 9.53 Å². The van der Waals surface area contributed by atoms with E-state index in [9.17, 15) is 4.79 Å². The molecule has 0 atom stereocenters. The van der Waals surface area contributed by atoms with Crippen LogP contribution < -0.4 is 10.6 Å². The summed E-state index contributed by atoms with van der Waals surface area (Å²) in [5.74, 6) is 0. The Hall–Kier alpha value is -2.08. The Morgan fingerprint density at radius 1 is 1.30 bits per heavy atom. The van der Waals surface area contributed by atoms with Crippen molar-refractivity contribution in [3.63, 3.8) is 0 Å². The number of benzene rings is 1. The molecule has 1 amide bonds.